The molecule has 0 rings (SSSR count). The van der Waals surface area contributed by atoms with Crippen LogP contribution in [-0.2, 0) is 0 Å². The summed E-state index contributed by atoms with van der Waals surface area (Å²) in [5.74, 6) is 2.06. The first-order valence-electron chi connectivity index (χ1n) is 3.68. The fourth-order valence-corrected chi connectivity index (χ4v) is 1.93. The van der Waals surface area contributed by atoms with Crippen molar-refractivity contribution >= 4 is 21.6 Å². The Morgan fingerprint density at radius 3 is 1.36 bits per heavy atom. The molecule has 0 spiro atoms. The van der Waals surface area contributed by atoms with E-state index in [4.69, 9.17) is 17.2 Å². The maximum absolute atomic E-state index is 5.25. The maximum atomic E-state index is 5.25. The van der Waals surface area contributed by atoms with Crippen molar-refractivity contribution in [2.75, 3.05) is 31.1 Å². The fourth-order valence-electron chi connectivity index (χ4n) is 0.214. The highest BCUT2D eigenvalue weighted by molar-refractivity contribution is 8.76. The van der Waals surface area contributed by atoms with Crippen molar-refractivity contribution in [2.45, 2.75) is 6.92 Å². The third-order valence-corrected chi connectivity index (χ3v) is 2.96. The highest BCUT2D eigenvalue weighted by atomic mass is 33.1. The molecule has 0 unspecified atom stereocenters. The second-order valence-electron chi connectivity index (χ2n) is 1.63. The van der Waals surface area contributed by atoms with Gasteiger partial charge in [-0.15, -0.1) is 0 Å². The van der Waals surface area contributed by atoms with Gasteiger partial charge in [0, 0.05) is 24.6 Å². The lowest BCUT2D eigenvalue weighted by Gasteiger charge is -1.93. The second kappa shape index (κ2) is 16.9. The van der Waals surface area contributed by atoms with E-state index in [1.807, 2.05) is 6.92 Å². The van der Waals surface area contributed by atoms with E-state index in [1.54, 1.807) is 21.6 Å². The van der Waals surface area contributed by atoms with E-state index in [9.17, 15) is 0 Å². The van der Waals surface area contributed by atoms with Gasteiger partial charge in [0.2, 0.25) is 0 Å². The summed E-state index contributed by atoms with van der Waals surface area (Å²) in [5.41, 5.74) is 15.3. The van der Waals surface area contributed by atoms with Gasteiger partial charge in [-0.1, -0.05) is 28.5 Å². The summed E-state index contributed by atoms with van der Waals surface area (Å²) >= 11 is 0. The first-order valence-corrected chi connectivity index (χ1v) is 6.16. The monoisotopic (exact) mass is 197 g/mol. The van der Waals surface area contributed by atoms with Crippen LogP contribution in [0.2, 0.25) is 0 Å². The quantitative estimate of drug-likeness (QED) is 0.435. The largest absolute Gasteiger partial charge is 0.331 e. The summed E-state index contributed by atoms with van der Waals surface area (Å²) in [6.07, 6.45) is 0. The highest BCUT2D eigenvalue weighted by Crippen LogP contribution is 2.18. The summed E-state index contributed by atoms with van der Waals surface area (Å²) in [5, 5.41) is 0. The smallest absolute Gasteiger partial charge is 0.0160 e. The molecular formula is C6H19N3S2. The Morgan fingerprint density at radius 1 is 0.909 bits per heavy atom. The molecule has 5 heteroatoms. The fraction of sp³-hybridized carbons (Fsp3) is 1.00. The Bertz CT molecular complexity index is 49.1. The Labute approximate surface area is 77.2 Å². The minimum absolute atomic E-state index is 0.750. The van der Waals surface area contributed by atoms with Crippen LogP contribution in [0.1, 0.15) is 6.92 Å². The first-order chi connectivity index (χ1) is 5.33. The van der Waals surface area contributed by atoms with E-state index in [0.29, 0.717) is 0 Å². The van der Waals surface area contributed by atoms with E-state index in [2.05, 4.69) is 0 Å². The summed E-state index contributed by atoms with van der Waals surface area (Å²) < 4.78 is 0. The van der Waals surface area contributed by atoms with Crippen molar-refractivity contribution in [1.82, 2.24) is 0 Å². The van der Waals surface area contributed by atoms with Gasteiger partial charge in [-0.05, 0) is 6.54 Å². The first kappa shape index (κ1) is 14.1. The number of hydrogen-bond acceptors (Lipinski definition) is 5. The number of hydrogen-bond donors (Lipinski definition) is 3. The van der Waals surface area contributed by atoms with Gasteiger partial charge in [0.25, 0.3) is 0 Å². The molecule has 3 nitrogen and oxygen atoms in total. The molecule has 0 saturated carbocycles. The molecule has 0 aromatic rings. The van der Waals surface area contributed by atoms with Gasteiger partial charge in [0.15, 0.2) is 0 Å². The van der Waals surface area contributed by atoms with E-state index < -0.39 is 0 Å². The van der Waals surface area contributed by atoms with E-state index >= 15 is 0 Å². The van der Waals surface area contributed by atoms with Crippen LogP contribution in [-0.4, -0.2) is 31.1 Å². The second-order valence-corrected chi connectivity index (χ2v) is 4.33. The molecule has 0 saturated heterocycles. The Balaban J connectivity index is 0. The van der Waals surface area contributed by atoms with Gasteiger partial charge in [-0.3, -0.25) is 0 Å². The van der Waals surface area contributed by atoms with Crippen molar-refractivity contribution in [1.29, 1.82) is 0 Å². The lowest BCUT2D eigenvalue weighted by atomic mass is 10.8. The van der Waals surface area contributed by atoms with Crippen molar-refractivity contribution in [3.05, 3.63) is 0 Å². The summed E-state index contributed by atoms with van der Waals surface area (Å²) in [6.45, 7) is 4.18. The van der Waals surface area contributed by atoms with E-state index in [0.717, 1.165) is 31.1 Å². The Hall–Kier alpha value is 0.580. The van der Waals surface area contributed by atoms with Crippen LogP contribution >= 0.6 is 21.6 Å². The molecule has 70 valence electrons. The van der Waals surface area contributed by atoms with Gasteiger partial charge in [0.1, 0.15) is 0 Å². The van der Waals surface area contributed by atoms with Crippen LogP contribution < -0.4 is 17.2 Å². The van der Waals surface area contributed by atoms with Crippen LogP contribution in [0.5, 0.6) is 0 Å². The molecule has 0 aliphatic carbocycles. The van der Waals surface area contributed by atoms with E-state index in [-0.39, 0.29) is 0 Å². The molecule has 0 aromatic carbocycles. The van der Waals surface area contributed by atoms with Gasteiger partial charge < -0.3 is 17.2 Å². The normalized spacial score (nSPS) is 8.73. The van der Waals surface area contributed by atoms with E-state index in [1.165, 1.54) is 0 Å². The summed E-state index contributed by atoms with van der Waals surface area (Å²) in [7, 11) is 3.58. The molecule has 0 amide bonds. The third kappa shape index (κ3) is 25.0. The molecule has 0 fully saturated rings. The van der Waals surface area contributed by atoms with Crippen LogP contribution in [0.4, 0.5) is 0 Å². The average Bonchev–Trinajstić information content (AvgIpc) is 2.00. The highest BCUT2D eigenvalue weighted by Gasteiger charge is 1.84. The van der Waals surface area contributed by atoms with Gasteiger partial charge in [-0.25, -0.2) is 0 Å². The number of rotatable bonds is 5. The predicted molar refractivity (Wildman–Crippen MR) is 57.8 cm³/mol. The zero-order valence-electron chi connectivity index (χ0n) is 7.08. The van der Waals surface area contributed by atoms with Crippen molar-refractivity contribution < 1.29 is 0 Å². The topological polar surface area (TPSA) is 78.1 Å². The molecule has 0 aromatic heterocycles. The summed E-state index contributed by atoms with van der Waals surface area (Å²) in [6, 6.07) is 0. The van der Waals surface area contributed by atoms with Crippen LogP contribution in [0.25, 0.3) is 0 Å². The Kier molecular flexibility index (Phi) is 21.7. The molecule has 0 aliphatic rings. The van der Waals surface area contributed by atoms with Crippen molar-refractivity contribution in [2.24, 2.45) is 17.2 Å². The minimum atomic E-state index is 0.750. The maximum Gasteiger partial charge on any atom is 0.0160 e. The molecule has 11 heavy (non-hydrogen) atoms. The SMILES string of the molecule is CCN.NCCSSCCN. The molecule has 0 aliphatic heterocycles. The molecule has 0 heterocycles. The van der Waals surface area contributed by atoms with Gasteiger partial charge >= 0.3 is 0 Å². The average molecular weight is 197 g/mol. The standard InChI is InChI=1S/C4H12N2S2.C2H7N/c5-1-3-7-8-4-2-6;1-2-3/h1-6H2;2-3H2,1H3. The zero-order chi connectivity index (χ0) is 8.95. The lowest BCUT2D eigenvalue weighted by molar-refractivity contribution is 1.14. The molecule has 0 atom stereocenters. The minimum Gasteiger partial charge on any atom is -0.331 e. The van der Waals surface area contributed by atoms with Crippen molar-refractivity contribution in [3.63, 3.8) is 0 Å². The van der Waals surface area contributed by atoms with Crippen LogP contribution in [0.3, 0.4) is 0 Å². The van der Waals surface area contributed by atoms with Gasteiger partial charge in [0.05, 0.1) is 0 Å². The predicted octanol–water partition coefficient (Wildman–Crippen LogP) is 0.250. The molecule has 6 N–H and O–H groups in total. The lowest BCUT2D eigenvalue weighted by Crippen LogP contribution is -2.02. The molecule has 0 bridgehead atoms. The Morgan fingerprint density at radius 2 is 1.18 bits per heavy atom. The molecular weight excluding hydrogens is 178 g/mol. The summed E-state index contributed by atoms with van der Waals surface area (Å²) in [4.78, 5) is 0. The number of nitrogens with two attached hydrogens (primary N) is 3. The molecule has 0 radical (unpaired) electrons. The third-order valence-electron chi connectivity index (χ3n) is 0.486. The van der Waals surface area contributed by atoms with Gasteiger partial charge in [-0.2, -0.15) is 0 Å². The van der Waals surface area contributed by atoms with Crippen LogP contribution in [0, 0.1) is 0 Å². The van der Waals surface area contributed by atoms with Crippen molar-refractivity contribution in [3.8, 4) is 0 Å². The zero-order valence-corrected chi connectivity index (χ0v) is 8.72. The van der Waals surface area contributed by atoms with Crippen LogP contribution in [0.15, 0.2) is 0 Å².